The smallest absolute Gasteiger partial charge is 0.280 e. The molecule has 3 heterocycles. The molecule has 0 bridgehead atoms. The largest absolute Gasteiger partial charge is 0.340 e. The summed E-state index contributed by atoms with van der Waals surface area (Å²) in [6.07, 6.45) is 5.97. The van der Waals surface area contributed by atoms with Crippen LogP contribution in [-0.2, 0) is 0 Å². The molecule has 1 amide bonds. The number of alkyl halides is 2. The third-order valence-electron chi connectivity index (χ3n) is 5.17. The van der Waals surface area contributed by atoms with E-state index in [4.69, 9.17) is 5.73 Å². The van der Waals surface area contributed by atoms with E-state index in [0.29, 0.717) is 18.5 Å². The van der Waals surface area contributed by atoms with Gasteiger partial charge in [-0.25, -0.2) is 18.3 Å². The van der Waals surface area contributed by atoms with Crippen LogP contribution >= 0.6 is 11.3 Å². The Morgan fingerprint density at radius 2 is 2.20 bits per heavy atom. The topological polar surface area (TPSA) is 85.3 Å². The standard InChI is InChI=1S/C21H23F2N5OS/c1-12(2)10-16-17(13-11-25-28-9-4-3-7-15(13)28)26-20(30-16)19(29)27-18-14(24)6-5-8-21(18,22)23/h3-4,7,9-11,14,18H,5-6,8,24H2,1-2H3,(H,27,29). The van der Waals surface area contributed by atoms with Crippen LogP contribution < -0.4 is 11.1 Å². The van der Waals surface area contributed by atoms with E-state index in [9.17, 15) is 13.6 Å². The summed E-state index contributed by atoms with van der Waals surface area (Å²) in [6.45, 7) is 3.89. The predicted octanol–water partition coefficient (Wildman–Crippen LogP) is 4.13. The summed E-state index contributed by atoms with van der Waals surface area (Å²) in [5, 5.41) is 6.91. The first-order valence-electron chi connectivity index (χ1n) is 9.79. The van der Waals surface area contributed by atoms with Crippen molar-refractivity contribution in [3.8, 4) is 11.3 Å². The van der Waals surface area contributed by atoms with Gasteiger partial charge in [0.15, 0.2) is 5.01 Å². The van der Waals surface area contributed by atoms with E-state index in [0.717, 1.165) is 21.5 Å². The lowest BCUT2D eigenvalue weighted by atomic mass is 9.87. The predicted molar refractivity (Wildman–Crippen MR) is 114 cm³/mol. The van der Waals surface area contributed by atoms with Crippen LogP contribution in [0.15, 0.2) is 36.2 Å². The van der Waals surface area contributed by atoms with E-state index < -0.39 is 23.9 Å². The van der Waals surface area contributed by atoms with Gasteiger partial charge in [0.2, 0.25) is 0 Å². The highest BCUT2D eigenvalue weighted by Gasteiger charge is 2.46. The molecule has 2 atom stereocenters. The van der Waals surface area contributed by atoms with E-state index in [1.54, 1.807) is 10.7 Å². The number of nitrogens with zero attached hydrogens (tertiary/aromatic N) is 3. The maximum atomic E-state index is 14.3. The summed E-state index contributed by atoms with van der Waals surface area (Å²) < 4.78 is 30.4. The molecular weight excluding hydrogens is 408 g/mol. The highest BCUT2D eigenvalue weighted by molar-refractivity contribution is 7.15. The van der Waals surface area contributed by atoms with Crippen molar-refractivity contribution < 1.29 is 13.6 Å². The number of nitrogens with one attached hydrogen (secondary N) is 1. The van der Waals surface area contributed by atoms with Gasteiger partial charge in [0.05, 0.1) is 22.3 Å². The van der Waals surface area contributed by atoms with Gasteiger partial charge in [-0.15, -0.1) is 11.3 Å². The van der Waals surface area contributed by atoms with Crippen molar-refractivity contribution in [2.75, 3.05) is 0 Å². The average molecular weight is 432 g/mol. The number of pyridine rings is 1. The fourth-order valence-electron chi connectivity index (χ4n) is 3.72. The van der Waals surface area contributed by atoms with Crippen molar-refractivity contribution in [3.05, 3.63) is 46.1 Å². The van der Waals surface area contributed by atoms with Crippen LogP contribution in [0.5, 0.6) is 0 Å². The zero-order chi connectivity index (χ0) is 21.5. The fourth-order valence-corrected chi connectivity index (χ4v) is 4.77. The lowest BCUT2D eigenvalue weighted by molar-refractivity contribution is -0.0674. The van der Waals surface area contributed by atoms with Gasteiger partial charge in [0.1, 0.15) is 6.04 Å². The first-order valence-corrected chi connectivity index (χ1v) is 10.6. The Morgan fingerprint density at radius 3 is 2.93 bits per heavy atom. The van der Waals surface area contributed by atoms with Crippen LogP contribution in [0, 0.1) is 0 Å². The van der Waals surface area contributed by atoms with Gasteiger partial charge in [-0.3, -0.25) is 4.79 Å². The molecule has 0 saturated heterocycles. The zero-order valence-electron chi connectivity index (χ0n) is 16.7. The van der Waals surface area contributed by atoms with E-state index in [1.165, 1.54) is 11.3 Å². The molecular formula is C21H23F2N5OS. The molecule has 3 aromatic heterocycles. The van der Waals surface area contributed by atoms with Crippen LogP contribution in [0.1, 0.15) is 47.8 Å². The van der Waals surface area contributed by atoms with Gasteiger partial charge in [-0.05, 0) is 44.9 Å². The Morgan fingerprint density at radius 1 is 1.40 bits per heavy atom. The second kappa shape index (κ2) is 7.88. The van der Waals surface area contributed by atoms with Crippen molar-refractivity contribution in [2.45, 2.75) is 51.1 Å². The molecule has 1 aliphatic carbocycles. The second-order valence-electron chi connectivity index (χ2n) is 7.81. The highest BCUT2D eigenvalue weighted by Crippen LogP contribution is 2.35. The Hall–Kier alpha value is -2.65. The number of halogens is 2. The number of allylic oxidation sites excluding steroid dienone is 1. The van der Waals surface area contributed by atoms with E-state index >= 15 is 0 Å². The third kappa shape index (κ3) is 3.87. The number of amides is 1. The number of aromatic nitrogens is 3. The minimum absolute atomic E-state index is 0.126. The average Bonchev–Trinajstić information content (AvgIpc) is 3.28. The molecule has 1 aliphatic rings. The molecule has 158 valence electrons. The van der Waals surface area contributed by atoms with E-state index in [1.807, 2.05) is 44.3 Å². The quantitative estimate of drug-likeness (QED) is 0.651. The van der Waals surface area contributed by atoms with Crippen LogP contribution in [-0.4, -0.2) is 38.5 Å². The van der Waals surface area contributed by atoms with E-state index in [2.05, 4.69) is 15.4 Å². The number of carbonyl (C=O) groups is 1. The highest BCUT2D eigenvalue weighted by atomic mass is 32.1. The summed E-state index contributed by atoms with van der Waals surface area (Å²) in [5.74, 6) is -3.66. The lowest BCUT2D eigenvalue weighted by Gasteiger charge is -2.36. The summed E-state index contributed by atoms with van der Waals surface area (Å²) in [6, 6.07) is 3.50. The first kappa shape index (κ1) is 20.6. The van der Waals surface area contributed by atoms with Crippen molar-refractivity contribution in [1.82, 2.24) is 19.9 Å². The normalized spacial score (nSPS) is 20.8. The van der Waals surface area contributed by atoms with Gasteiger partial charge in [0, 0.05) is 24.2 Å². The summed E-state index contributed by atoms with van der Waals surface area (Å²) in [5.41, 5.74) is 9.15. The van der Waals surface area contributed by atoms with Gasteiger partial charge in [-0.2, -0.15) is 5.10 Å². The van der Waals surface area contributed by atoms with Crippen LogP contribution in [0.3, 0.4) is 0 Å². The monoisotopic (exact) mass is 431 g/mol. The van der Waals surface area contributed by atoms with Crippen LogP contribution in [0.25, 0.3) is 22.9 Å². The Labute approximate surface area is 176 Å². The molecule has 9 heteroatoms. The minimum atomic E-state index is -3.03. The third-order valence-corrected chi connectivity index (χ3v) is 6.17. The number of carbonyl (C=O) groups excluding carboxylic acids is 1. The number of hydrogen-bond donors (Lipinski definition) is 2. The Bertz CT molecular complexity index is 1120. The molecule has 0 aliphatic heterocycles. The molecule has 6 nitrogen and oxygen atoms in total. The molecule has 3 aromatic rings. The van der Waals surface area contributed by atoms with Gasteiger partial charge in [0.25, 0.3) is 11.8 Å². The van der Waals surface area contributed by atoms with Crippen LogP contribution in [0.2, 0.25) is 0 Å². The molecule has 1 saturated carbocycles. The fraction of sp³-hybridized carbons (Fsp3) is 0.381. The summed E-state index contributed by atoms with van der Waals surface area (Å²) in [7, 11) is 0. The number of thiazole rings is 1. The van der Waals surface area contributed by atoms with E-state index in [-0.39, 0.29) is 11.4 Å². The molecule has 0 spiro atoms. The molecule has 0 radical (unpaired) electrons. The van der Waals surface area contributed by atoms with Gasteiger partial charge < -0.3 is 11.1 Å². The maximum Gasteiger partial charge on any atom is 0.280 e. The molecule has 4 rings (SSSR count). The zero-order valence-corrected chi connectivity index (χ0v) is 17.5. The van der Waals surface area contributed by atoms with Crippen molar-refractivity contribution in [1.29, 1.82) is 0 Å². The van der Waals surface area contributed by atoms with Crippen molar-refractivity contribution in [2.24, 2.45) is 5.73 Å². The Balaban J connectivity index is 1.71. The SMILES string of the molecule is CC(C)=Cc1sc(C(=O)NC2C(N)CCCC2(F)F)nc1-c1cnn2ccccc12. The summed E-state index contributed by atoms with van der Waals surface area (Å²) in [4.78, 5) is 18.1. The first-order chi connectivity index (χ1) is 14.3. The summed E-state index contributed by atoms with van der Waals surface area (Å²) >= 11 is 1.17. The van der Waals surface area contributed by atoms with Crippen molar-refractivity contribution in [3.63, 3.8) is 0 Å². The minimum Gasteiger partial charge on any atom is -0.340 e. The number of hydrogen-bond acceptors (Lipinski definition) is 5. The second-order valence-corrected chi connectivity index (χ2v) is 8.84. The molecule has 30 heavy (non-hydrogen) atoms. The number of nitrogens with two attached hydrogens (primary N) is 1. The lowest BCUT2D eigenvalue weighted by Crippen LogP contribution is -2.59. The van der Waals surface area contributed by atoms with Gasteiger partial charge in [-0.1, -0.05) is 11.6 Å². The molecule has 2 unspecified atom stereocenters. The molecule has 3 N–H and O–H groups in total. The Kier molecular flexibility index (Phi) is 5.42. The van der Waals surface area contributed by atoms with Crippen LogP contribution in [0.4, 0.5) is 8.78 Å². The number of rotatable bonds is 4. The van der Waals surface area contributed by atoms with Crippen molar-refractivity contribution >= 4 is 28.8 Å². The molecule has 1 fully saturated rings. The van der Waals surface area contributed by atoms with Gasteiger partial charge >= 0.3 is 0 Å². The maximum absolute atomic E-state index is 14.3. The number of fused-ring (bicyclic) bond motifs is 1. The molecule has 0 aromatic carbocycles.